The Morgan fingerprint density at radius 2 is 1.88 bits per heavy atom. The van der Waals surface area contributed by atoms with Gasteiger partial charge in [0.25, 0.3) is 5.56 Å². The highest BCUT2D eigenvalue weighted by molar-refractivity contribution is 5.85. The molecule has 0 bridgehead atoms. The van der Waals surface area contributed by atoms with Crippen LogP contribution < -0.4 is 10.9 Å². The van der Waals surface area contributed by atoms with Crippen LogP contribution in [-0.2, 0) is 16.1 Å². The van der Waals surface area contributed by atoms with Gasteiger partial charge >= 0.3 is 0 Å². The summed E-state index contributed by atoms with van der Waals surface area (Å²) in [6.07, 6.45) is 1.35. The minimum absolute atomic E-state index is 0.0572. The van der Waals surface area contributed by atoms with E-state index in [2.05, 4.69) is 15.2 Å². The minimum atomic E-state index is -0.387. The SMILES string of the molecule is CN1CCN(C(=O)CNC(=O)Cn2cnc3ccccc3c2=O)CC1. The van der Waals surface area contributed by atoms with Gasteiger partial charge in [0, 0.05) is 26.2 Å². The molecule has 0 radical (unpaired) electrons. The maximum atomic E-state index is 12.3. The molecule has 0 atom stereocenters. The molecule has 1 saturated heterocycles. The van der Waals surface area contributed by atoms with Gasteiger partial charge in [-0.1, -0.05) is 12.1 Å². The second-order valence-electron chi connectivity index (χ2n) is 6.16. The summed E-state index contributed by atoms with van der Waals surface area (Å²) in [6, 6.07) is 6.98. The number of hydrogen-bond acceptors (Lipinski definition) is 5. The number of rotatable bonds is 4. The number of fused-ring (bicyclic) bond motifs is 1. The first kappa shape index (κ1) is 17.1. The second kappa shape index (κ2) is 7.43. The van der Waals surface area contributed by atoms with Crippen molar-refractivity contribution in [3.8, 4) is 0 Å². The van der Waals surface area contributed by atoms with Gasteiger partial charge in [0.05, 0.1) is 23.8 Å². The Labute approximate surface area is 145 Å². The zero-order valence-corrected chi connectivity index (χ0v) is 14.1. The molecule has 1 aliphatic rings. The average Bonchev–Trinajstić information content (AvgIpc) is 2.63. The van der Waals surface area contributed by atoms with Gasteiger partial charge in [-0.3, -0.25) is 19.0 Å². The van der Waals surface area contributed by atoms with E-state index < -0.39 is 0 Å². The van der Waals surface area contributed by atoms with Crippen molar-refractivity contribution in [3.05, 3.63) is 40.9 Å². The Hall–Kier alpha value is -2.74. The number of nitrogens with zero attached hydrogens (tertiary/aromatic N) is 4. The van der Waals surface area contributed by atoms with E-state index in [1.165, 1.54) is 10.9 Å². The topological polar surface area (TPSA) is 87.5 Å². The zero-order chi connectivity index (χ0) is 17.8. The van der Waals surface area contributed by atoms with Crippen LogP contribution in [0.1, 0.15) is 0 Å². The number of hydrogen-bond donors (Lipinski definition) is 1. The Kier molecular flexibility index (Phi) is 5.08. The minimum Gasteiger partial charge on any atom is -0.345 e. The lowest BCUT2D eigenvalue weighted by atomic mass is 10.2. The maximum Gasteiger partial charge on any atom is 0.261 e. The molecule has 1 aromatic heterocycles. The van der Waals surface area contributed by atoms with Crippen LogP contribution in [0.25, 0.3) is 10.9 Å². The van der Waals surface area contributed by atoms with Gasteiger partial charge in [-0.05, 0) is 19.2 Å². The molecule has 3 rings (SSSR count). The molecule has 2 aromatic rings. The van der Waals surface area contributed by atoms with Gasteiger partial charge in [0.15, 0.2) is 0 Å². The first-order chi connectivity index (χ1) is 12.0. The molecule has 1 fully saturated rings. The van der Waals surface area contributed by atoms with E-state index in [0.717, 1.165) is 13.1 Å². The molecule has 0 unspecified atom stereocenters. The van der Waals surface area contributed by atoms with E-state index in [1.54, 1.807) is 29.2 Å². The fourth-order valence-electron chi connectivity index (χ4n) is 2.77. The number of nitrogens with one attached hydrogen (secondary N) is 1. The molecule has 132 valence electrons. The highest BCUT2D eigenvalue weighted by Gasteiger charge is 2.19. The van der Waals surface area contributed by atoms with Crippen molar-refractivity contribution in [1.82, 2.24) is 24.7 Å². The number of piperazine rings is 1. The zero-order valence-electron chi connectivity index (χ0n) is 14.1. The summed E-state index contributed by atoms with van der Waals surface area (Å²) in [5, 5.41) is 3.05. The van der Waals surface area contributed by atoms with Crippen LogP contribution in [0.2, 0.25) is 0 Å². The number of para-hydroxylation sites is 1. The van der Waals surface area contributed by atoms with Crippen molar-refractivity contribution >= 4 is 22.7 Å². The van der Waals surface area contributed by atoms with Crippen LogP contribution in [0.5, 0.6) is 0 Å². The third kappa shape index (κ3) is 4.03. The molecule has 0 spiro atoms. The predicted octanol–water partition coefficient (Wildman–Crippen LogP) is -0.713. The summed E-state index contributed by atoms with van der Waals surface area (Å²) < 4.78 is 1.25. The Bertz CT molecular complexity index is 840. The van der Waals surface area contributed by atoms with Crippen molar-refractivity contribution in [3.63, 3.8) is 0 Å². The fraction of sp³-hybridized carbons (Fsp3) is 0.412. The van der Waals surface area contributed by atoms with Crippen molar-refractivity contribution in [2.45, 2.75) is 6.54 Å². The van der Waals surface area contributed by atoms with E-state index in [-0.39, 0.29) is 30.5 Å². The summed E-state index contributed by atoms with van der Waals surface area (Å²) in [5.41, 5.74) is 0.320. The Morgan fingerprint density at radius 3 is 2.64 bits per heavy atom. The largest absolute Gasteiger partial charge is 0.345 e. The number of benzene rings is 1. The van der Waals surface area contributed by atoms with Crippen LogP contribution in [0, 0.1) is 0 Å². The smallest absolute Gasteiger partial charge is 0.261 e. The van der Waals surface area contributed by atoms with Crippen molar-refractivity contribution in [2.24, 2.45) is 0 Å². The van der Waals surface area contributed by atoms with E-state index in [0.29, 0.717) is 24.0 Å². The lowest BCUT2D eigenvalue weighted by Crippen LogP contribution is -2.50. The van der Waals surface area contributed by atoms with Crippen molar-refractivity contribution in [2.75, 3.05) is 39.8 Å². The first-order valence-corrected chi connectivity index (χ1v) is 8.22. The molecular weight excluding hydrogens is 322 g/mol. The summed E-state index contributed by atoms with van der Waals surface area (Å²) >= 11 is 0. The summed E-state index contributed by atoms with van der Waals surface area (Å²) in [4.78, 5) is 44.6. The van der Waals surface area contributed by atoms with E-state index in [1.807, 2.05) is 7.05 Å². The standard InChI is InChI=1S/C17H21N5O3/c1-20-6-8-21(9-7-20)16(24)10-18-15(23)11-22-12-19-14-5-3-2-4-13(14)17(22)25/h2-5,12H,6-11H2,1H3,(H,18,23). The number of amides is 2. The molecule has 8 nitrogen and oxygen atoms in total. The molecular formula is C17H21N5O3. The van der Waals surface area contributed by atoms with E-state index >= 15 is 0 Å². The van der Waals surface area contributed by atoms with Crippen LogP contribution in [0.15, 0.2) is 35.4 Å². The molecule has 2 heterocycles. The molecule has 25 heavy (non-hydrogen) atoms. The van der Waals surface area contributed by atoms with Crippen molar-refractivity contribution < 1.29 is 9.59 Å². The first-order valence-electron chi connectivity index (χ1n) is 8.22. The van der Waals surface area contributed by atoms with Crippen molar-refractivity contribution in [1.29, 1.82) is 0 Å². The number of aromatic nitrogens is 2. The van der Waals surface area contributed by atoms with Gasteiger partial charge in [0.2, 0.25) is 11.8 Å². The van der Waals surface area contributed by atoms with E-state index in [9.17, 15) is 14.4 Å². The summed E-state index contributed by atoms with van der Waals surface area (Å²) in [6.45, 7) is 2.78. The average molecular weight is 343 g/mol. The molecule has 1 N–H and O–H groups in total. The normalized spacial score (nSPS) is 15.3. The highest BCUT2D eigenvalue weighted by atomic mass is 16.2. The number of likely N-dealkylation sites (N-methyl/N-ethyl adjacent to an activating group) is 1. The third-order valence-corrected chi connectivity index (χ3v) is 4.34. The Balaban J connectivity index is 1.57. The molecule has 0 saturated carbocycles. The monoisotopic (exact) mass is 343 g/mol. The number of carbonyl (C=O) groups excluding carboxylic acids is 2. The summed E-state index contributed by atoms with van der Waals surface area (Å²) in [7, 11) is 2.01. The second-order valence-corrected chi connectivity index (χ2v) is 6.16. The lowest BCUT2D eigenvalue weighted by molar-refractivity contribution is -0.134. The summed E-state index contributed by atoms with van der Waals surface area (Å²) in [5.74, 6) is -0.493. The molecule has 1 aliphatic heterocycles. The van der Waals surface area contributed by atoms with Gasteiger partial charge in [-0.2, -0.15) is 0 Å². The van der Waals surface area contributed by atoms with Gasteiger partial charge in [0.1, 0.15) is 6.54 Å². The third-order valence-electron chi connectivity index (χ3n) is 4.34. The van der Waals surface area contributed by atoms with Gasteiger partial charge in [-0.25, -0.2) is 4.98 Å². The fourth-order valence-corrected chi connectivity index (χ4v) is 2.77. The van der Waals surface area contributed by atoms with Crippen LogP contribution in [-0.4, -0.2) is 70.9 Å². The molecule has 2 amide bonds. The van der Waals surface area contributed by atoms with Crippen LogP contribution >= 0.6 is 0 Å². The van der Waals surface area contributed by atoms with Crippen LogP contribution in [0.4, 0.5) is 0 Å². The lowest BCUT2D eigenvalue weighted by Gasteiger charge is -2.32. The van der Waals surface area contributed by atoms with Gasteiger partial charge in [-0.15, -0.1) is 0 Å². The Morgan fingerprint density at radius 1 is 1.16 bits per heavy atom. The maximum absolute atomic E-state index is 12.3. The van der Waals surface area contributed by atoms with Gasteiger partial charge < -0.3 is 15.1 Å². The molecule has 0 aliphatic carbocycles. The van der Waals surface area contributed by atoms with Crippen LogP contribution in [0.3, 0.4) is 0 Å². The molecule has 1 aromatic carbocycles. The highest BCUT2D eigenvalue weighted by Crippen LogP contribution is 2.04. The predicted molar refractivity (Wildman–Crippen MR) is 93.1 cm³/mol. The number of carbonyl (C=O) groups is 2. The quantitative estimate of drug-likeness (QED) is 0.792. The van der Waals surface area contributed by atoms with E-state index in [4.69, 9.17) is 0 Å². The molecule has 8 heteroatoms.